The number of nitrogens with two attached hydrogens (primary N) is 1. The van der Waals surface area contributed by atoms with Crippen molar-refractivity contribution in [2.45, 2.75) is 44.6 Å². The van der Waals surface area contributed by atoms with Gasteiger partial charge in [-0.3, -0.25) is 14.4 Å². The molecule has 0 saturated heterocycles. The van der Waals surface area contributed by atoms with Crippen molar-refractivity contribution in [3.63, 3.8) is 0 Å². The smallest absolute Gasteiger partial charge is 0.329 e. The van der Waals surface area contributed by atoms with E-state index in [1.807, 2.05) is 0 Å². The number of rotatable bonds is 11. The first-order valence-corrected chi connectivity index (χ1v) is 12.9. The molecule has 12 heteroatoms. The van der Waals surface area contributed by atoms with Crippen molar-refractivity contribution < 1.29 is 46.9 Å². The Morgan fingerprint density at radius 3 is 2.14 bits per heavy atom. The Kier molecular flexibility index (Phi) is 9.17. The van der Waals surface area contributed by atoms with Gasteiger partial charge in [-0.1, -0.05) is 27.7 Å². The number of hydrogen-bond donors (Lipinski definition) is 1. The highest BCUT2D eigenvalue weighted by Gasteiger charge is 2.74. The molecule has 0 aromatic heterocycles. The van der Waals surface area contributed by atoms with Gasteiger partial charge >= 0.3 is 23.9 Å². The summed E-state index contributed by atoms with van der Waals surface area (Å²) in [4.78, 5) is 49.5. The predicted octanol–water partition coefficient (Wildman–Crippen LogP) is 3.04. The molecule has 2 fully saturated rings. The minimum atomic E-state index is -1.61. The number of thioether (sulfide) groups is 1. The van der Waals surface area contributed by atoms with Gasteiger partial charge in [-0.15, -0.1) is 11.8 Å². The van der Waals surface area contributed by atoms with Crippen molar-refractivity contribution in [1.29, 1.82) is 0 Å². The van der Waals surface area contributed by atoms with E-state index in [1.54, 1.807) is 27.7 Å². The summed E-state index contributed by atoms with van der Waals surface area (Å²) in [5.41, 5.74) is 5.00. The van der Waals surface area contributed by atoms with Crippen molar-refractivity contribution in [3.05, 3.63) is 29.8 Å². The highest BCUT2D eigenvalue weighted by Crippen LogP contribution is 2.64. The van der Waals surface area contributed by atoms with Gasteiger partial charge in [-0.2, -0.15) is 0 Å². The summed E-state index contributed by atoms with van der Waals surface area (Å²) >= 11 is 1.19. The Morgan fingerprint density at radius 2 is 1.57 bits per heavy atom. The summed E-state index contributed by atoms with van der Waals surface area (Å²) < 4.78 is 47.0. The fourth-order valence-corrected chi connectivity index (χ4v) is 5.71. The Hall–Kier alpha value is -2.73. The van der Waals surface area contributed by atoms with E-state index in [-0.39, 0.29) is 17.6 Å². The second kappa shape index (κ2) is 11.8. The lowest BCUT2D eigenvalue weighted by Gasteiger charge is -2.32. The molecule has 2 aliphatic rings. The fourth-order valence-electron chi connectivity index (χ4n) is 4.55. The van der Waals surface area contributed by atoms with Gasteiger partial charge in [0, 0.05) is 16.6 Å². The number of halogens is 2. The van der Waals surface area contributed by atoms with E-state index in [1.165, 1.54) is 17.8 Å². The number of esters is 4. The van der Waals surface area contributed by atoms with Gasteiger partial charge in [-0.25, -0.2) is 13.6 Å². The maximum Gasteiger partial charge on any atom is 0.329 e. The van der Waals surface area contributed by atoms with Crippen LogP contribution in [0.4, 0.5) is 8.78 Å². The SMILES string of the molecule is CC(C)C(=O)OCOC(=O)[C@H]1[C@@H]2C[C@@H](CSc3ccc(F)c(F)c3)[C@@](N)(C(=O)OCOC(=O)C(C)C)[C@@H]21. The molecule has 0 radical (unpaired) electrons. The zero-order valence-electron chi connectivity index (χ0n) is 21.0. The average molecular weight is 544 g/mol. The molecule has 0 heterocycles. The van der Waals surface area contributed by atoms with Gasteiger partial charge in [0.15, 0.2) is 11.6 Å². The Morgan fingerprint density at radius 1 is 0.973 bits per heavy atom. The number of carbonyl (C=O) groups excluding carboxylic acids is 4. The maximum atomic E-state index is 13.6. The Labute approximate surface area is 217 Å². The van der Waals surface area contributed by atoms with E-state index in [2.05, 4.69) is 0 Å². The average Bonchev–Trinajstić information content (AvgIpc) is 3.49. The van der Waals surface area contributed by atoms with Crippen LogP contribution < -0.4 is 5.73 Å². The third-order valence-corrected chi connectivity index (χ3v) is 7.81. The van der Waals surface area contributed by atoms with Gasteiger partial charge in [0.1, 0.15) is 5.54 Å². The van der Waals surface area contributed by atoms with Crippen LogP contribution in [0.25, 0.3) is 0 Å². The molecule has 2 saturated carbocycles. The van der Waals surface area contributed by atoms with Crippen LogP contribution in [0.15, 0.2) is 23.1 Å². The molecule has 0 unspecified atom stereocenters. The number of ether oxygens (including phenoxy) is 4. The lowest BCUT2D eigenvalue weighted by molar-refractivity contribution is -0.174. The molecule has 204 valence electrons. The normalized spacial score (nSPS) is 26.0. The molecule has 3 rings (SSSR count). The van der Waals surface area contributed by atoms with Gasteiger partial charge < -0.3 is 24.7 Å². The Bertz CT molecular complexity index is 1050. The van der Waals surface area contributed by atoms with Crippen LogP contribution in [0, 0.1) is 47.1 Å². The van der Waals surface area contributed by atoms with Gasteiger partial charge in [0.25, 0.3) is 0 Å². The third kappa shape index (κ3) is 6.40. The van der Waals surface area contributed by atoms with E-state index in [0.29, 0.717) is 11.3 Å². The van der Waals surface area contributed by atoms with E-state index in [0.717, 1.165) is 12.1 Å². The topological polar surface area (TPSA) is 131 Å². The molecule has 5 atom stereocenters. The van der Waals surface area contributed by atoms with Gasteiger partial charge in [-0.05, 0) is 36.5 Å². The first-order valence-electron chi connectivity index (χ1n) is 11.9. The highest BCUT2D eigenvalue weighted by molar-refractivity contribution is 7.99. The molecule has 0 bridgehead atoms. The molecular formula is C25H31F2NO8S. The quantitative estimate of drug-likeness (QED) is 0.252. The second-order valence-corrected chi connectivity index (χ2v) is 10.9. The minimum absolute atomic E-state index is 0.267. The van der Waals surface area contributed by atoms with Crippen molar-refractivity contribution >= 4 is 35.6 Å². The summed E-state index contributed by atoms with van der Waals surface area (Å²) in [7, 11) is 0. The standard InChI is InChI=1S/C25H31F2NO8S/c1-12(2)21(29)33-10-35-23(31)19-16-7-14(9-37-15-5-6-17(26)18(27)8-15)25(28,20(16)19)24(32)36-11-34-22(30)13(3)4/h5-6,8,12-14,16,19-20H,7,9-11,28H2,1-4H3/t14-,16-,19-,20-,25-/m0/s1. The molecule has 1 aromatic rings. The van der Waals surface area contributed by atoms with Crippen LogP contribution in [0.3, 0.4) is 0 Å². The van der Waals surface area contributed by atoms with Crippen LogP contribution in [0.5, 0.6) is 0 Å². The van der Waals surface area contributed by atoms with E-state index >= 15 is 0 Å². The lowest BCUT2D eigenvalue weighted by atomic mass is 9.82. The lowest BCUT2D eigenvalue weighted by Crippen LogP contribution is -2.57. The molecule has 2 N–H and O–H groups in total. The molecule has 0 aliphatic heterocycles. The summed E-state index contributed by atoms with van der Waals surface area (Å²) in [5.74, 6) is -7.13. The number of carbonyl (C=O) groups is 4. The largest absolute Gasteiger partial charge is 0.428 e. The number of fused-ring (bicyclic) bond motifs is 1. The summed E-state index contributed by atoms with van der Waals surface area (Å²) in [6.07, 6.45) is 0.379. The molecular weight excluding hydrogens is 512 g/mol. The maximum absolute atomic E-state index is 13.6. The fraction of sp³-hybridized carbons (Fsp3) is 0.600. The zero-order chi connectivity index (χ0) is 27.5. The number of benzene rings is 1. The van der Waals surface area contributed by atoms with Crippen LogP contribution in [-0.2, 0) is 38.1 Å². The van der Waals surface area contributed by atoms with Gasteiger partial charge in [0.2, 0.25) is 13.6 Å². The second-order valence-electron chi connectivity index (χ2n) is 9.83. The molecule has 0 amide bonds. The van der Waals surface area contributed by atoms with Crippen LogP contribution in [0.1, 0.15) is 34.1 Å². The van der Waals surface area contributed by atoms with Crippen molar-refractivity contribution in [2.24, 2.45) is 41.2 Å². The first-order chi connectivity index (χ1) is 17.4. The highest BCUT2D eigenvalue weighted by atomic mass is 32.2. The van der Waals surface area contributed by atoms with Crippen LogP contribution in [-0.4, -0.2) is 48.8 Å². The van der Waals surface area contributed by atoms with E-state index in [4.69, 9.17) is 24.7 Å². The van der Waals surface area contributed by atoms with E-state index < -0.39 is 78.3 Å². The predicted molar refractivity (Wildman–Crippen MR) is 126 cm³/mol. The van der Waals surface area contributed by atoms with E-state index in [9.17, 15) is 28.0 Å². The van der Waals surface area contributed by atoms with Crippen molar-refractivity contribution in [3.8, 4) is 0 Å². The van der Waals surface area contributed by atoms with Crippen molar-refractivity contribution in [1.82, 2.24) is 0 Å². The monoisotopic (exact) mass is 543 g/mol. The molecule has 1 aromatic carbocycles. The first kappa shape index (κ1) is 28.8. The van der Waals surface area contributed by atoms with Crippen LogP contribution >= 0.6 is 11.8 Å². The molecule has 37 heavy (non-hydrogen) atoms. The zero-order valence-corrected chi connectivity index (χ0v) is 21.8. The van der Waals surface area contributed by atoms with Crippen molar-refractivity contribution in [2.75, 3.05) is 19.3 Å². The summed E-state index contributed by atoms with van der Waals surface area (Å²) in [6.45, 7) is 5.35. The third-order valence-electron chi connectivity index (χ3n) is 6.66. The molecule has 2 aliphatic carbocycles. The van der Waals surface area contributed by atoms with Crippen LogP contribution in [0.2, 0.25) is 0 Å². The minimum Gasteiger partial charge on any atom is -0.428 e. The summed E-state index contributed by atoms with van der Waals surface area (Å²) in [5, 5.41) is 0. The number of hydrogen-bond acceptors (Lipinski definition) is 10. The Balaban J connectivity index is 1.68. The van der Waals surface area contributed by atoms with Gasteiger partial charge in [0.05, 0.1) is 17.8 Å². The molecule has 9 nitrogen and oxygen atoms in total. The summed E-state index contributed by atoms with van der Waals surface area (Å²) in [6, 6.07) is 3.48. The molecule has 0 spiro atoms.